The second kappa shape index (κ2) is 7.62. The zero-order chi connectivity index (χ0) is 12.5. The number of carbonyl (C=O) groups excluding carboxylic acids is 1. The highest BCUT2D eigenvalue weighted by Crippen LogP contribution is 2.07. The van der Waals surface area contributed by atoms with Gasteiger partial charge in [0.15, 0.2) is 0 Å². The van der Waals surface area contributed by atoms with Gasteiger partial charge in [0.05, 0.1) is 0 Å². The molecule has 94 valence electrons. The van der Waals surface area contributed by atoms with Crippen molar-refractivity contribution in [2.75, 3.05) is 32.1 Å². The van der Waals surface area contributed by atoms with Crippen LogP contribution in [0.5, 0.6) is 0 Å². The number of aromatic nitrogens is 1. The summed E-state index contributed by atoms with van der Waals surface area (Å²) in [6, 6.07) is 3.59. The normalized spacial score (nSPS) is 10.0. The van der Waals surface area contributed by atoms with Crippen LogP contribution < -0.4 is 10.6 Å². The molecule has 0 aliphatic heterocycles. The molecule has 5 nitrogen and oxygen atoms in total. The molecule has 5 heteroatoms. The first-order chi connectivity index (χ1) is 8.27. The largest absolute Gasteiger partial charge is 0.385 e. The Kier molecular flexibility index (Phi) is 6.03. The molecule has 1 rings (SSSR count). The molecule has 1 aromatic heterocycles. The Morgan fingerprint density at radius 3 is 3.06 bits per heavy atom. The molecule has 0 fully saturated rings. The average molecular weight is 237 g/mol. The summed E-state index contributed by atoms with van der Waals surface area (Å²) < 4.78 is 4.96. The first kappa shape index (κ1) is 13.4. The number of rotatable bonds is 7. The van der Waals surface area contributed by atoms with Gasteiger partial charge < -0.3 is 15.4 Å². The summed E-state index contributed by atoms with van der Waals surface area (Å²) in [5.41, 5.74) is 1.33. The van der Waals surface area contributed by atoms with Gasteiger partial charge in [0, 0.05) is 38.7 Å². The quantitative estimate of drug-likeness (QED) is 0.701. The van der Waals surface area contributed by atoms with E-state index in [0.29, 0.717) is 12.2 Å². The van der Waals surface area contributed by atoms with Gasteiger partial charge in [-0.15, -0.1) is 0 Å². The number of anilines is 1. The third-order valence-corrected chi connectivity index (χ3v) is 2.18. The average Bonchev–Trinajstić information content (AvgIpc) is 2.35. The summed E-state index contributed by atoms with van der Waals surface area (Å²) in [4.78, 5) is 15.6. The number of pyridine rings is 1. The molecule has 0 atom stereocenters. The molecule has 2 N–H and O–H groups in total. The van der Waals surface area contributed by atoms with E-state index in [1.54, 1.807) is 19.4 Å². The molecule has 1 heterocycles. The highest BCUT2D eigenvalue weighted by molar-refractivity contribution is 5.93. The molecule has 1 aromatic rings. The van der Waals surface area contributed by atoms with Crippen LogP contribution in [0.2, 0.25) is 0 Å². The van der Waals surface area contributed by atoms with Crippen LogP contribution in [0.4, 0.5) is 5.69 Å². The fraction of sp³-hybridized carbons (Fsp3) is 0.500. The van der Waals surface area contributed by atoms with E-state index in [1.165, 1.54) is 0 Å². The Hall–Kier alpha value is -1.62. The predicted octanol–water partition coefficient (Wildman–Crippen LogP) is 1.28. The maximum Gasteiger partial charge on any atom is 0.269 e. The van der Waals surface area contributed by atoms with Crippen molar-refractivity contribution >= 4 is 11.6 Å². The summed E-state index contributed by atoms with van der Waals surface area (Å²) in [5.74, 6) is -0.145. The first-order valence-electron chi connectivity index (χ1n) is 5.75. The number of carbonyl (C=O) groups is 1. The van der Waals surface area contributed by atoms with Gasteiger partial charge in [-0.3, -0.25) is 9.78 Å². The Balaban J connectivity index is 2.50. The SMILES string of the molecule is CCNC(=O)c1cc(NCCCOC)ccn1. The molecular weight excluding hydrogens is 218 g/mol. The van der Waals surface area contributed by atoms with Crippen molar-refractivity contribution < 1.29 is 9.53 Å². The van der Waals surface area contributed by atoms with Crippen LogP contribution in [0.25, 0.3) is 0 Å². The number of methoxy groups -OCH3 is 1. The maximum atomic E-state index is 11.6. The lowest BCUT2D eigenvalue weighted by Crippen LogP contribution is -2.23. The number of nitrogens with one attached hydrogen (secondary N) is 2. The molecule has 0 radical (unpaired) electrons. The molecule has 1 amide bonds. The van der Waals surface area contributed by atoms with Gasteiger partial charge in [-0.2, -0.15) is 0 Å². The van der Waals surface area contributed by atoms with Gasteiger partial charge >= 0.3 is 0 Å². The van der Waals surface area contributed by atoms with Crippen molar-refractivity contribution in [3.8, 4) is 0 Å². The zero-order valence-electron chi connectivity index (χ0n) is 10.3. The molecule has 0 aliphatic carbocycles. The molecule has 0 aromatic carbocycles. The lowest BCUT2D eigenvalue weighted by Gasteiger charge is -2.07. The van der Waals surface area contributed by atoms with Crippen LogP contribution in [0.15, 0.2) is 18.3 Å². The van der Waals surface area contributed by atoms with Gasteiger partial charge in [0.1, 0.15) is 5.69 Å². The molecule has 0 saturated heterocycles. The highest BCUT2D eigenvalue weighted by atomic mass is 16.5. The van der Waals surface area contributed by atoms with Crippen LogP contribution in [0, 0.1) is 0 Å². The molecule has 0 aliphatic rings. The Labute approximate surface area is 102 Å². The van der Waals surface area contributed by atoms with E-state index in [0.717, 1.165) is 25.3 Å². The minimum atomic E-state index is -0.145. The van der Waals surface area contributed by atoms with Gasteiger partial charge in [0.2, 0.25) is 0 Å². The highest BCUT2D eigenvalue weighted by Gasteiger charge is 2.05. The molecule has 0 saturated carbocycles. The van der Waals surface area contributed by atoms with E-state index in [9.17, 15) is 4.79 Å². The summed E-state index contributed by atoms with van der Waals surface area (Å²) in [5, 5.41) is 5.93. The Morgan fingerprint density at radius 2 is 2.35 bits per heavy atom. The fourth-order valence-corrected chi connectivity index (χ4v) is 1.37. The van der Waals surface area contributed by atoms with Gasteiger partial charge in [-0.25, -0.2) is 0 Å². The van der Waals surface area contributed by atoms with Crippen LogP contribution >= 0.6 is 0 Å². The minimum Gasteiger partial charge on any atom is -0.385 e. The minimum absolute atomic E-state index is 0.145. The topological polar surface area (TPSA) is 63.2 Å². The molecule has 0 unspecified atom stereocenters. The van der Waals surface area contributed by atoms with Crippen LogP contribution in [-0.2, 0) is 4.74 Å². The summed E-state index contributed by atoms with van der Waals surface area (Å²) in [6.07, 6.45) is 2.55. The number of ether oxygens (including phenoxy) is 1. The van der Waals surface area contributed by atoms with E-state index >= 15 is 0 Å². The van der Waals surface area contributed by atoms with Crippen molar-refractivity contribution in [1.29, 1.82) is 0 Å². The molecule has 17 heavy (non-hydrogen) atoms. The predicted molar refractivity (Wildman–Crippen MR) is 67.2 cm³/mol. The molecular formula is C12H19N3O2. The number of hydrogen-bond acceptors (Lipinski definition) is 4. The van der Waals surface area contributed by atoms with Crippen molar-refractivity contribution in [3.63, 3.8) is 0 Å². The first-order valence-corrected chi connectivity index (χ1v) is 5.75. The van der Waals surface area contributed by atoms with Crippen LogP contribution in [0.3, 0.4) is 0 Å². The number of nitrogens with zero attached hydrogens (tertiary/aromatic N) is 1. The smallest absolute Gasteiger partial charge is 0.269 e. The second-order valence-electron chi connectivity index (χ2n) is 3.56. The van der Waals surface area contributed by atoms with E-state index < -0.39 is 0 Å². The molecule has 0 bridgehead atoms. The third-order valence-electron chi connectivity index (χ3n) is 2.18. The van der Waals surface area contributed by atoms with Crippen molar-refractivity contribution in [1.82, 2.24) is 10.3 Å². The van der Waals surface area contributed by atoms with Gasteiger partial charge in [-0.05, 0) is 25.5 Å². The lowest BCUT2D eigenvalue weighted by atomic mass is 10.3. The third kappa shape index (κ3) is 4.82. The summed E-state index contributed by atoms with van der Waals surface area (Å²) in [7, 11) is 1.68. The monoisotopic (exact) mass is 237 g/mol. The van der Waals surface area contributed by atoms with E-state index in [4.69, 9.17) is 4.74 Å². The number of amides is 1. The van der Waals surface area contributed by atoms with E-state index in [2.05, 4.69) is 15.6 Å². The summed E-state index contributed by atoms with van der Waals surface area (Å²) in [6.45, 7) is 4.02. The summed E-state index contributed by atoms with van der Waals surface area (Å²) >= 11 is 0. The van der Waals surface area contributed by atoms with Crippen LogP contribution in [0.1, 0.15) is 23.8 Å². The van der Waals surface area contributed by atoms with Crippen molar-refractivity contribution in [2.45, 2.75) is 13.3 Å². The number of hydrogen-bond donors (Lipinski definition) is 2. The van der Waals surface area contributed by atoms with Crippen molar-refractivity contribution in [3.05, 3.63) is 24.0 Å². The van der Waals surface area contributed by atoms with Crippen LogP contribution in [-0.4, -0.2) is 37.7 Å². The van der Waals surface area contributed by atoms with Crippen molar-refractivity contribution in [2.24, 2.45) is 0 Å². The maximum absolute atomic E-state index is 11.6. The van der Waals surface area contributed by atoms with Gasteiger partial charge in [-0.1, -0.05) is 0 Å². The van der Waals surface area contributed by atoms with E-state index in [-0.39, 0.29) is 5.91 Å². The Morgan fingerprint density at radius 1 is 1.53 bits per heavy atom. The Bertz CT molecular complexity index is 355. The fourth-order valence-electron chi connectivity index (χ4n) is 1.37. The van der Waals surface area contributed by atoms with Gasteiger partial charge in [0.25, 0.3) is 5.91 Å². The van der Waals surface area contributed by atoms with E-state index in [1.807, 2.05) is 13.0 Å². The lowest BCUT2D eigenvalue weighted by molar-refractivity contribution is 0.0951. The zero-order valence-corrected chi connectivity index (χ0v) is 10.3. The second-order valence-corrected chi connectivity index (χ2v) is 3.56. The standard InChI is InChI=1S/C12H19N3O2/c1-3-13-12(16)11-9-10(5-7-15-11)14-6-4-8-17-2/h5,7,9H,3-4,6,8H2,1-2H3,(H,13,16)(H,14,15). The molecule has 0 spiro atoms.